The molecule has 0 atom stereocenters. The standard InChI is InChI=1S/C68H52N4O2/c1-5-16-47(6-2)51-23-35-57(36-24-51)71(58-37-25-52(26-38-58)48-17-10-7-11-18-48)61-43-31-55(32-44-61)65-63-64(68(74)69(65)3)66(70(4)67(63)73)56-33-45-62(46-34-56)72(59-39-27-53(28-40-59)49-19-12-8-13-20-49)60-41-29-54(30-42-60)50-21-14-9-15-22-50/h5-46H,1-2H2,3-4H3/b47-16+. The summed E-state index contributed by atoms with van der Waals surface area (Å²) in [7, 11) is 3.51. The van der Waals surface area contributed by atoms with E-state index in [0.717, 1.165) is 89.8 Å². The van der Waals surface area contributed by atoms with Crippen molar-refractivity contribution in [1.82, 2.24) is 9.80 Å². The number of anilines is 6. The van der Waals surface area contributed by atoms with Gasteiger partial charge in [-0.1, -0.05) is 195 Å². The topological polar surface area (TPSA) is 47.1 Å². The van der Waals surface area contributed by atoms with Crippen molar-refractivity contribution in [2.75, 3.05) is 23.9 Å². The van der Waals surface area contributed by atoms with Gasteiger partial charge in [0.1, 0.15) is 0 Å². The molecule has 2 heterocycles. The first-order valence-corrected chi connectivity index (χ1v) is 24.7. The van der Waals surface area contributed by atoms with Crippen molar-refractivity contribution < 1.29 is 9.59 Å². The Bertz CT molecular complexity index is 3550. The van der Waals surface area contributed by atoms with E-state index in [4.69, 9.17) is 0 Å². The Morgan fingerprint density at radius 3 is 0.878 bits per heavy atom. The third-order valence-electron chi connectivity index (χ3n) is 13.9. The summed E-state index contributed by atoms with van der Waals surface area (Å²) >= 11 is 0. The molecule has 9 aromatic rings. The summed E-state index contributed by atoms with van der Waals surface area (Å²) in [6.07, 6.45) is 5.54. The van der Waals surface area contributed by atoms with Gasteiger partial charge in [0.15, 0.2) is 0 Å². The summed E-state index contributed by atoms with van der Waals surface area (Å²) in [5.41, 5.74) is 18.1. The molecule has 0 unspecified atom stereocenters. The minimum Gasteiger partial charge on any atom is -0.311 e. The molecule has 2 aliphatic heterocycles. The monoisotopic (exact) mass is 956 g/mol. The van der Waals surface area contributed by atoms with Crippen LogP contribution >= 0.6 is 0 Å². The van der Waals surface area contributed by atoms with Crippen LogP contribution in [-0.2, 0) is 9.59 Å². The van der Waals surface area contributed by atoms with E-state index in [1.807, 2.05) is 78.9 Å². The average molecular weight is 957 g/mol. The zero-order valence-electron chi connectivity index (χ0n) is 41.3. The van der Waals surface area contributed by atoms with Crippen LogP contribution in [0.1, 0.15) is 16.7 Å². The number of carbonyl (C=O) groups is 2. The van der Waals surface area contributed by atoms with E-state index < -0.39 is 0 Å². The Morgan fingerprint density at radius 1 is 0.351 bits per heavy atom. The Balaban J connectivity index is 0.936. The highest BCUT2D eigenvalue weighted by Gasteiger charge is 2.46. The maximum absolute atomic E-state index is 14.5. The quantitative estimate of drug-likeness (QED) is 0.102. The first kappa shape index (κ1) is 46.6. The van der Waals surface area contributed by atoms with Crippen molar-refractivity contribution in [3.63, 3.8) is 0 Å². The lowest BCUT2D eigenvalue weighted by Gasteiger charge is -2.27. The van der Waals surface area contributed by atoms with Gasteiger partial charge >= 0.3 is 0 Å². The predicted octanol–water partition coefficient (Wildman–Crippen LogP) is 16.4. The SMILES string of the molecule is C=C/C=C(\C=C)c1ccc(N(c2ccc(C3=C4C(=O)N(C)C(c5ccc(N(c6ccc(-c7ccccc7)cc6)c6ccc(-c7ccccc7)cc6)cc5)=C4C(=O)N3C)cc2)c2ccc(-c3ccccc3)cc2)cc1. The second-order valence-electron chi connectivity index (χ2n) is 18.3. The number of nitrogens with zero attached hydrogens (tertiary/aromatic N) is 4. The fourth-order valence-electron chi connectivity index (χ4n) is 10.1. The summed E-state index contributed by atoms with van der Waals surface area (Å²) in [5, 5.41) is 0. The van der Waals surface area contributed by atoms with Crippen molar-refractivity contribution in [1.29, 1.82) is 0 Å². The number of fused-ring (bicyclic) bond motifs is 1. The lowest BCUT2D eigenvalue weighted by molar-refractivity contribution is -0.123. The molecule has 356 valence electrons. The molecule has 74 heavy (non-hydrogen) atoms. The van der Waals surface area contributed by atoms with Crippen LogP contribution in [0.2, 0.25) is 0 Å². The molecule has 9 aromatic carbocycles. The molecule has 0 N–H and O–H groups in total. The van der Waals surface area contributed by atoms with E-state index >= 15 is 0 Å². The molecule has 6 heteroatoms. The lowest BCUT2D eigenvalue weighted by Crippen LogP contribution is -2.25. The fourth-order valence-corrected chi connectivity index (χ4v) is 10.1. The predicted molar refractivity (Wildman–Crippen MR) is 306 cm³/mol. The number of hydrogen-bond acceptors (Lipinski definition) is 4. The molecule has 0 radical (unpaired) electrons. The number of benzene rings is 9. The van der Waals surface area contributed by atoms with Crippen LogP contribution < -0.4 is 9.80 Å². The van der Waals surface area contributed by atoms with Crippen LogP contribution in [-0.4, -0.2) is 35.7 Å². The van der Waals surface area contributed by atoms with Crippen molar-refractivity contribution in [2.24, 2.45) is 0 Å². The van der Waals surface area contributed by atoms with E-state index in [1.165, 1.54) is 0 Å². The Labute approximate surface area is 433 Å². The first-order chi connectivity index (χ1) is 36.3. The van der Waals surface area contributed by atoms with Gasteiger partial charge in [-0.25, -0.2) is 0 Å². The number of allylic oxidation sites excluding steroid dienone is 4. The number of likely N-dealkylation sites (N-methyl/N-ethyl adjacent to an activating group) is 2. The van der Waals surface area contributed by atoms with Gasteiger partial charge in [0.2, 0.25) is 0 Å². The van der Waals surface area contributed by atoms with Crippen LogP contribution in [0.5, 0.6) is 0 Å². The average Bonchev–Trinajstić information content (AvgIpc) is 3.88. The summed E-state index contributed by atoms with van der Waals surface area (Å²) in [6.45, 7) is 7.88. The highest BCUT2D eigenvalue weighted by atomic mass is 16.2. The summed E-state index contributed by atoms with van der Waals surface area (Å²) in [4.78, 5) is 36.6. The fraction of sp³-hybridized carbons (Fsp3) is 0.0294. The summed E-state index contributed by atoms with van der Waals surface area (Å²) in [6, 6.07) is 81.4. The van der Waals surface area contributed by atoms with Gasteiger partial charge in [-0.05, 0) is 128 Å². The number of carbonyl (C=O) groups excluding carboxylic acids is 2. The molecule has 2 aliphatic rings. The number of rotatable bonds is 14. The third-order valence-corrected chi connectivity index (χ3v) is 13.9. The van der Waals surface area contributed by atoms with E-state index in [9.17, 15) is 9.59 Å². The van der Waals surface area contributed by atoms with Crippen LogP contribution in [0.3, 0.4) is 0 Å². The van der Waals surface area contributed by atoms with Gasteiger partial charge in [0.25, 0.3) is 11.8 Å². The number of amides is 2. The molecule has 0 aromatic heterocycles. The molecule has 11 rings (SSSR count). The number of hydrogen-bond donors (Lipinski definition) is 0. The summed E-state index contributed by atoms with van der Waals surface area (Å²) in [5.74, 6) is -0.446. The maximum atomic E-state index is 14.5. The molecular formula is C68H52N4O2. The molecule has 2 amide bonds. The molecule has 0 aliphatic carbocycles. The molecule has 0 fully saturated rings. The molecule has 0 saturated carbocycles. The third kappa shape index (κ3) is 8.75. The lowest BCUT2D eigenvalue weighted by atomic mass is 10.0. The smallest absolute Gasteiger partial charge is 0.261 e. The highest BCUT2D eigenvalue weighted by molar-refractivity contribution is 6.30. The Morgan fingerprint density at radius 2 is 0.608 bits per heavy atom. The largest absolute Gasteiger partial charge is 0.311 e. The normalized spacial score (nSPS) is 13.4. The van der Waals surface area contributed by atoms with Crippen LogP contribution in [0.4, 0.5) is 34.1 Å². The van der Waals surface area contributed by atoms with E-state index in [1.54, 1.807) is 30.0 Å². The minimum atomic E-state index is -0.223. The molecule has 0 saturated heterocycles. The zero-order valence-corrected chi connectivity index (χ0v) is 41.3. The van der Waals surface area contributed by atoms with E-state index in [0.29, 0.717) is 22.5 Å². The highest BCUT2D eigenvalue weighted by Crippen LogP contribution is 2.47. The van der Waals surface area contributed by atoms with Gasteiger partial charge in [0, 0.05) is 48.2 Å². The molecular weight excluding hydrogens is 905 g/mol. The Kier molecular flexibility index (Phi) is 12.7. The molecule has 6 nitrogen and oxygen atoms in total. The van der Waals surface area contributed by atoms with Gasteiger partial charge in [0.05, 0.1) is 22.5 Å². The van der Waals surface area contributed by atoms with E-state index in [-0.39, 0.29) is 11.8 Å². The van der Waals surface area contributed by atoms with Gasteiger partial charge in [-0.3, -0.25) is 9.59 Å². The van der Waals surface area contributed by atoms with Crippen molar-refractivity contribution in [3.05, 3.63) is 296 Å². The van der Waals surface area contributed by atoms with Crippen LogP contribution in [0.25, 0.3) is 50.3 Å². The zero-order chi connectivity index (χ0) is 50.7. The maximum Gasteiger partial charge on any atom is 0.261 e. The van der Waals surface area contributed by atoms with Gasteiger partial charge in [-0.15, -0.1) is 0 Å². The first-order valence-electron chi connectivity index (χ1n) is 24.7. The minimum absolute atomic E-state index is 0.223. The molecule has 0 spiro atoms. The van der Waals surface area contributed by atoms with Crippen molar-refractivity contribution in [3.8, 4) is 33.4 Å². The second kappa shape index (κ2) is 20.1. The second-order valence-corrected chi connectivity index (χ2v) is 18.3. The van der Waals surface area contributed by atoms with E-state index in [2.05, 4.69) is 193 Å². The Hall–Kier alpha value is -9.78. The van der Waals surface area contributed by atoms with Crippen LogP contribution in [0, 0.1) is 0 Å². The van der Waals surface area contributed by atoms with Gasteiger partial charge < -0.3 is 19.6 Å². The van der Waals surface area contributed by atoms with Gasteiger partial charge in [-0.2, -0.15) is 0 Å². The van der Waals surface area contributed by atoms with Crippen molar-refractivity contribution >= 4 is 62.9 Å². The van der Waals surface area contributed by atoms with Crippen LogP contribution in [0.15, 0.2) is 279 Å². The summed E-state index contributed by atoms with van der Waals surface area (Å²) < 4.78 is 0. The molecule has 0 bridgehead atoms. The van der Waals surface area contributed by atoms with Crippen molar-refractivity contribution in [2.45, 2.75) is 0 Å².